The lowest BCUT2D eigenvalue weighted by molar-refractivity contribution is -0.166. The van der Waals surface area contributed by atoms with E-state index in [0.29, 0.717) is 26.1 Å². The van der Waals surface area contributed by atoms with Gasteiger partial charge in [-0.3, -0.25) is 4.79 Å². The first-order chi connectivity index (χ1) is 10.3. The molecule has 0 spiro atoms. The predicted octanol–water partition coefficient (Wildman–Crippen LogP) is 3.58. The molecule has 0 atom stereocenters. The second-order valence-corrected chi connectivity index (χ2v) is 8.65. The standard InChI is InChI=1S/C17H25NO3S/c1-15(2,3)21-14(19)17(7-9-20-10-8-17)13-18-12(11-22-13)16(4)5-6-16/h11H,5-10H2,1-4H3. The Labute approximate surface area is 136 Å². The summed E-state index contributed by atoms with van der Waals surface area (Å²) >= 11 is 1.61. The molecule has 0 amide bonds. The van der Waals surface area contributed by atoms with Crippen LogP contribution in [0.15, 0.2) is 5.38 Å². The number of thiazole rings is 1. The molecule has 0 unspecified atom stereocenters. The minimum atomic E-state index is -0.625. The number of carbonyl (C=O) groups is 1. The van der Waals surface area contributed by atoms with Crippen LogP contribution < -0.4 is 0 Å². The van der Waals surface area contributed by atoms with Gasteiger partial charge in [-0.2, -0.15) is 0 Å². The van der Waals surface area contributed by atoms with Gasteiger partial charge in [-0.15, -0.1) is 11.3 Å². The van der Waals surface area contributed by atoms with Gasteiger partial charge in [0.2, 0.25) is 0 Å². The van der Waals surface area contributed by atoms with Gasteiger partial charge in [0.1, 0.15) is 16.0 Å². The molecule has 1 saturated carbocycles. The van der Waals surface area contributed by atoms with Crippen molar-refractivity contribution in [3.8, 4) is 0 Å². The summed E-state index contributed by atoms with van der Waals surface area (Å²) in [5.74, 6) is -0.148. The van der Waals surface area contributed by atoms with Gasteiger partial charge < -0.3 is 9.47 Å². The number of carbonyl (C=O) groups excluding carboxylic acids is 1. The Morgan fingerprint density at radius 1 is 1.27 bits per heavy atom. The zero-order valence-electron chi connectivity index (χ0n) is 13.9. The second-order valence-electron chi connectivity index (χ2n) is 7.79. The Morgan fingerprint density at radius 3 is 2.45 bits per heavy atom. The fourth-order valence-corrected chi connectivity index (χ4v) is 4.04. The maximum Gasteiger partial charge on any atom is 0.319 e. The fourth-order valence-electron chi connectivity index (χ4n) is 2.82. The maximum atomic E-state index is 12.9. The lowest BCUT2D eigenvalue weighted by atomic mass is 9.80. The molecule has 1 aromatic heterocycles. The Hall–Kier alpha value is -0.940. The van der Waals surface area contributed by atoms with Crippen LogP contribution in [0, 0.1) is 0 Å². The number of rotatable bonds is 3. The van der Waals surface area contributed by atoms with Crippen molar-refractivity contribution < 1.29 is 14.3 Å². The monoisotopic (exact) mass is 323 g/mol. The van der Waals surface area contributed by atoms with Crippen LogP contribution in [0.2, 0.25) is 0 Å². The molecule has 2 aliphatic rings. The Balaban J connectivity index is 1.92. The van der Waals surface area contributed by atoms with Gasteiger partial charge in [-0.1, -0.05) is 6.92 Å². The first kappa shape index (κ1) is 15.9. The number of ether oxygens (including phenoxy) is 2. The molecule has 2 fully saturated rings. The molecule has 2 heterocycles. The van der Waals surface area contributed by atoms with Crippen LogP contribution in [0.25, 0.3) is 0 Å². The van der Waals surface area contributed by atoms with Crippen LogP contribution in [0.5, 0.6) is 0 Å². The van der Waals surface area contributed by atoms with Gasteiger partial charge in [0.05, 0.1) is 5.69 Å². The highest BCUT2D eigenvalue weighted by Gasteiger charge is 2.49. The van der Waals surface area contributed by atoms with Crippen molar-refractivity contribution in [2.45, 2.75) is 69.8 Å². The van der Waals surface area contributed by atoms with E-state index >= 15 is 0 Å². The molecule has 1 aliphatic heterocycles. The van der Waals surface area contributed by atoms with Gasteiger partial charge in [0, 0.05) is 24.0 Å². The minimum Gasteiger partial charge on any atom is -0.459 e. The molecular formula is C17H25NO3S. The highest BCUT2D eigenvalue weighted by molar-refractivity contribution is 7.10. The maximum absolute atomic E-state index is 12.9. The zero-order chi connectivity index (χ0) is 16.0. The summed E-state index contributed by atoms with van der Waals surface area (Å²) < 4.78 is 11.2. The molecular weight excluding hydrogens is 298 g/mol. The van der Waals surface area contributed by atoms with E-state index in [4.69, 9.17) is 14.5 Å². The summed E-state index contributed by atoms with van der Waals surface area (Å²) in [6.45, 7) is 9.16. The third kappa shape index (κ3) is 2.93. The average molecular weight is 323 g/mol. The van der Waals surface area contributed by atoms with Crippen LogP contribution in [-0.4, -0.2) is 29.8 Å². The number of esters is 1. The lowest BCUT2D eigenvalue weighted by Gasteiger charge is -2.35. The van der Waals surface area contributed by atoms with Crippen molar-refractivity contribution in [2.24, 2.45) is 0 Å². The smallest absolute Gasteiger partial charge is 0.319 e. The first-order valence-electron chi connectivity index (χ1n) is 8.03. The Kier molecular flexibility index (Phi) is 3.84. The molecule has 0 bridgehead atoms. The third-order valence-corrected chi connectivity index (χ3v) is 5.71. The number of nitrogens with zero attached hydrogens (tertiary/aromatic N) is 1. The normalized spacial score (nSPS) is 23.1. The molecule has 1 aliphatic carbocycles. The van der Waals surface area contributed by atoms with Crippen molar-refractivity contribution in [1.29, 1.82) is 0 Å². The summed E-state index contributed by atoms with van der Waals surface area (Å²) in [4.78, 5) is 17.8. The van der Waals surface area contributed by atoms with Gasteiger partial charge in [-0.25, -0.2) is 4.98 Å². The van der Waals surface area contributed by atoms with E-state index in [1.165, 1.54) is 12.8 Å². The van der Waals surface area contributed by atoms with Crippen LogP contribution in [0.1, 0.15) is 64.1 Å². The van der Waals surface area contributed by atoms with Crippen molar-refractivity contribution in [3.63, 3.8) is 0 Å². The van der Waals surface area contributed by atoms with Crippen LogP contribution in [-0.2, 0) is 25.1 Å². The SMILES string of the molecule is CC(C)(C)OC(=O)C1(c2nc(C3(C)CC3)cs2)CCOCC1. The van der Waals surface area contributed by atoms with Crippen LogP contribution in [0.4, 0.5) is 0 Å². The van der Waals surface area contributed by atoms with E-state index < -0.39 is 11.0 Å². The van der Waals surface area contributed by atoms with E-state index in [9.17, 15) is 4.79 Å². The molecule has 4 nitrogen and oxygen atoms in total. The van der Waals surface area contributed by atoms with Crippen molar-refractivity contribution in [2.75, 3.05) is 13.2 Å². The third-order valence-electron chi connectivity index (χ3n) is 4.67. The summed E-state index contributed by atoms with van der Waals surface area (Å²) in [5, 5.41) is 3.04. The topological polar surface area (TPSA) is 48.4 Å². The van der Waals surface area contributed by atoms with Crippen molar-refractivity contribution >= 4 is 17.3 Å². The molecule has 1 saturated heterocycles. The largest absolute Gasteiger partial charge is 0.459 e. The lowest BCUT2D eigenvalue weighted by Crippen LogP contribution is -2.45. The molecule has 122 valence electrons. The van der Waals surface area contributed by atoms with Crippen molar-refractivity contribution in [3.05, 3.63) is 16.1 Å². The molecule has 1 aromatic rings. The van der Waals surface area contributed by atoms with Gasteiger partial charge in [0.25, 0.3) is 0 Å². The van der Waals surface area contributed by atoms with Gasteiger partial charge in [0.15, 0.2) is 0 Å². The number of hydrogen-bond acceptors (Lipinski definition) is 5. The van der Waals surface area contributed by atoms with E-state index in [2.05, 4.69) is 12.3 Å². The molecule has 3 rings (SSSR count). The Morgan fingerprint density at radius 2 is 1.91 bits per heavy atom. The predicted molar refractivity (Wildman–Crippen MR) is 86.3 cm³/mol. The highest BCUT2D eigenvalue weighted by atomic mass is 32.1. The van der Waals surface area contributed by atoms with Crippen LogP contribution >= 0.6 is 11.3 Å². The number of aromatic nitrogens is 1. The average Bonchev–Trinajstić information content (AvgIpc) is 3.01. The van der Waals surface area contributed by atoms with Gasteiger partial charge in [-0.05, 0) is 46.5 Å². The van der Waals surface area contributed by atoms with E-state index in [0.717, 1.165) is 10.7 Å². The summed E-state index contributed by atoms with van der Waals surface area (Å²) in [7, 11) is 0. The number of hydrogen-bond donors (Lipinski definition) is 0. The summed E-state index contributed by atoms with van der Waals surface area (Å²) in [5.41, 5.74) is 0.265. The van der Waals surface area contributed by atoms with Crippen LogP contribution in [0.3, 0.4) is 0 Å². The zero-order valence-corrected chi connectivity index (χ0v) is 14.7. The molecule has 22 heavy (non-hydrogen) atoms. The quantitative estimate of drug-likeness (QED) is 0.798. The Bertz CT molecular complexity index is 563. The first-order valence-corrected chi connectivity index (χ1v) is 8.91. The minimum absolute atomic E-state index is 0.148. The van der Waals surface area contributed by atoms with E-state index in [-0.39, 0.29) is 11.4 Å². The molecule has 0 aromatic carbocycles. The molecule has 0 N–H and O–H groups in total. The van der Waals surface area contributed by atoms with Gasteiger partial charge >= 0.3 is 5.97 Å². The van der Waals surface area contributed by atoms with E-state index in [1.807, 2.05) is 20.8 Å². The summed E-state index contributed by atoms with van der Waals surface area (Å²) in [6.07, 6.45) is 3.70. The molecule has 0 radical (unpaired) electrons. The summed E-state index contributed by atoms with van der Waals surface area (Å²) in [6, 6.07) is 0. The van der Waals surface area contributed by atoms with Crippen molar-refractivity contribution in [1.82, 2.24) is 4.98 Å². The second kappa shape index (κ2) is 5.31. The highest BCUT2D eigenvalue weighted by Crippen LogP contribution is 2.49. The fraction of sp³-hybridized carbons (Fsp3) is 0.765. The van der Waals surface area contributed by atoms with E-state index in [1.54, 1.807) is 11.3 Å². The molecule has 5 heteroatoms.